The summed E-state index contributed by atoms with van der Waals surface area (Å²) in [5, 5.41) is 13.4. The van der Waals surface area contributed by atoms with Gasteiger partial charge < -0.3 is 19.7 Å². The third-order valence-corrected chi connectivity index (χ3v) is 3.92. The van der Waals surface area contributed by atoms with Crippen LogP contribution in [0.15, 0.2) is 42.5 Å². The highest BCUT2D eigenvalue weighted by molar-refractivity contribution is 5.98. The Morgan fingerprint density at radius 1 is 1.14 bits per heavy atom. The molecular formula is C19H21N3O6. The Morgan fingerprint density at radius 3 is 2.32 bits per heavy atom. The second-order valence-corrected chi connectivity index (χ2v) is 6.12. The normalized spacial score (nSPS) is 11.3. The number of hydrogen-bond acceptors (Lipinski definition) is 7. The fourth-order valence-corrected chi connectivity index (χ4v) is 2.32. The molecule has 0 radical (unpaired) electrons. The number of rotatable bonds is 7. The largest absolute Gasteiger partial charge is 0.495 e. The molecule has 0 saturated carbocycles. The van der Waals surface area contributed by atoms with Gasteiger partial charge in [-0.05, 0) is 37.3 Å². The second kappa shape index (κ2) is 8.85. The fraction of sp³-hybridized carbons (Fsp3) is 0.263. The lowest BCUT2D eigenvalue weighted by Crippen LogP contribution is -2.30. The van der Waals surface area contributed by atoms with Crippen LogP contribution in [0.25, 0.3) is 0 Å². The van der Waals surface area contributed by atoms with Gasteiger partial charge in [0.25, 0.3) is 11.6 Å². The number of nitro groups is 1. The first-order valence-electron chi connectivity index (χ1n) is 8.34. The molecule has 0 unspecified atom stereocenters. The first-order chi connectivity index (χ1) is 13.2. The van der Waals surface area contributed by atoms with E-state index in [-0.39, 0.29) is 17.1 Å². The van der Waals surface area contributed by atoms with Gasteiger partial charge in [0.2, 0.25) is 0 Å². The molecule has 9 heteroatoms. The van der Waals surface area contributed by atoms with Crippen molar-refractivity contribution in [2.75, 3.05) is 31.4 Å². The molecule has 0 aliphatic carbocycles. The van der Waals surface area contributed by atoms with E-state index in [9.17, 15) is 19.7 Å². The molecule has 0 fully saturated rings. The number of carbonyl (C=O) groups is 2. The lowest BCUT2D eigenvalue weighted by molar-refractivity contribution is -0.384. The van der Waals surface area contributed by atoms with Crippen LogP contribution in [-0.4, -0.2) is 44.1 Å². The minimum Gasteiger partial charge on any atom is -0.495 e. The molecule has 0 aliphatic rings. The van der Waals surface area contributed by atoms with E-state index in [2.05, 4.69) is 5.32 Å². The van der Waals surface area contributed by atoms with Crippen LogP contribution in [0.2, 0.25) is 0 Å². The van der Waals surface area contributed by atoms with Crippen molar-refractivity contribution in [3.05, 3.63) is 58.1 Å². The van der Waals surface area contributed by atoms with E-state index >= 15 is 0 Å². The van der Waals surface area contributed by atoms with Crippen LogP contribution in [0.5, 0.6) is 5.75 Å². The molecule has 1 atom stereocenters. The Bertz CT molecular complexity index is 880. The average Bonchev–Trinajstić information content (AvgIpc) is 2.67. The number of carbonyl (C=O) groups excluding carboxylic acids is 2. The number of ether oxygens (including phenoxy) is 2. The molecule has 1 amide bonds. The molecule has 0 aliphatic heterocycles. The Kier molecular flexibility index (Phi) is 6.54. The van der Waals surface area contributed by atoms with Crippen LogP contribution in [0.1, 0.15) is 17.3 Å². The average molecular weight is 387 g/mol. The van der Waals surface area contributed by atoms with Gasteiger partial charge in [0.15, 0.2) is 6.10 Å². The van der Waals surface area contributed by atoms with Crippen molar-refractivity contribution in [2.24, 2.45) is 0 Å². The van der Waals surface area contributed by atoms with E-state index in [1.54, 1.807) is 24.3 Å². The fourth-order valence-electron chi connectivity index (χ4n) is 2.32. The highest BCUT2D eigenvalue weighted by Crippen LogP contribution is 2.29. The maximum Gasteiger partial charge on any atom is 0.338 e. The molecule has 2 aromatic rings. The van der Waals surface area contributed by atoms with Gasteiger partial charge in [-0.3, -0.25) is 14.9 Å². The van der Waals surface area contributed by atoms with Crippen LogP contribution in [0, 0.1) is 10.1 Å². The SMILES string of the molecule is COc1ccc([N+](=O)[O-])cc1NC(=O)[C@H](C)OC(=O)c1ccc(N(C)C)cc1. The minimum atomic E-state index is -1.12. The lowest BCUT2D eigenvalue weighted by Gasteiger charge is -2.16. The van der Waals surface area contributed by atoms with E-state index < -0.39 is 22.9 Å². The summed E-state index contributed by atoms with van der Waals surface area (Å²) in [7, 11) is 5.13. The van der Waals surface area contributed by atoms with Gasteiger partial charge in [-0.15, -0.1) is 0 Å². The van der Waals surface area contributed by atoms with Crippen molar-refractivity contribution < 1.29 is 24.0 Å². The number of nitrogens with zero attached hydrogens (tertiary/aromatic N) is 2. The monoisotopic (exact) mass is 387 g/mol. The third kappa shape index (κ3) is 4.97. The maximum absolute atomic E-state index is 12.4. The number of anilines is 2. The third-order valence-electron chi connectivity index (χ3n) is 3.92. The van der Waals surface area contributed by atoms with Crippen molar-refractivity contribution in [2.45, 2.75) is 13.0 Å². The van der Waals surface area contributed by atoms with Gasteiger partial charge in [-0.25, -0.2) is 4.79 Å². The van der Waals surface area contributed by atoms with Crippen molar-refractivity contribution >= 4 is 28.9 Å². The zero-order valence-corrected chi connectivity index (χ0v) is 16.0. The van der Waals surface area contributed by atoms with Crippen LogP contribution in [-0.2, 0) is 9.53 Å². The summed E-state index contributed by atoms with van der Waals surface area (Å²) in [6.45, 7) is 1.41. The molecular weight excluding hydrogens is 366 g/mol. The van der Waals surface area contributed by atoms with Crippen molar-refractivity contribution in [3.8, 4) is 5.75 Å². The molecule has 0 bridgehead atoms. The van der Waals surface area contributed by atoms with Crippen molar-refractivity contribution in [1.29, 1.82) is 0 Å². The van der Waals surface area contributed by atoms with Crippen LogP contribution in [0.3, 0.4) is 0 Å². The number of methoxy groups -OCH3 is 1. The highest BCUT2D eigenvalue weighted by Gasteiger charge is 2.21. The number of amides is 1. The summed E-state index contributed by atoms with van der Waals surface area (Å²) < 4.78 is 10.3. The van der Waals surface area contributed by atoms with E-state index in [0.717, 1.165) is 5.69 Å². The molecule has 2 rings (SSSR count). The molecule has 0 heterocycles. The quantitative estimate of drug-likeness (QED) is 0.442. The van der Waals surface area contributed by atoms with Crippen LogP contribution >= 0.6 is 0 Å². The van der Waals surface area contributed by atoms with E-state index in [1.807, 2.05) is 19.0 Å². The number of esters is 1. The summed E-state index contributed by atoms with van der Waals surface area (Å²) >= 11 is 0. The molecule has 28 heavy (non-hydrogen) atoms. The molecule has 148 valence electrons. The Hall–Kier alpha value is -3.62. The lowest BCUT2D eigenvalue weighted by atomic mass is 10.2. The van der Waals surface area contributed by atoms with Crippen LogP contribution in [0.4, 0.5) is 17.1 Å². The van der Waals surface area contributed by atoms with E-state index in [4.69, 9.17) is 9.47 Å². The van der Waals surface area contributed by atoms with Crippen molar-refractivity contribution in [1.82, 2.24) is 0 Å². The predicted octanol–water partition coefficient (Wildman–Crippen LogP) is 2.85. The number of benzene rings is 2. The first kappa shape index (κ1) is 20.7. The second-order valence-electron chi connectivity index (χ2n) is 6.12. The standard InChI is InChI=1S/C19H21N3O6/c1-12(28-19(24)13-5-7-14(8-6-13)21(2)3)18(23)20-16-11-15(22(25)26)9-10-17(16)27-4/h5-12H,1-4H3,(H,20,23)/t12-/m0/s1. The summed E-state index contributed by atoms with van der Waals surface area (Å²) in [5.41, 5.74) is 1.12. The number of hydrogen-bond donors (Lipinski definition) is 1. The van der Waals surface area contributed by atoms with Gasteiger partial charge in [-0.1, -0.05) is 0 Å². The first-order valence-corrected chi connectivity index (χ1v) is 8.34. The number of non-ortho nitro benzene ring substituents is 1. The van der Waals surface area contributed by atoms with E-state index in [0.29, 0.717) is 5.56 Å². The molecule has 0 spiro atoms. The zero-order valence-electron chi connectivity index (χ0n) is 16.0. The summed E-state index contributed by atoms with van der Waals surface area (Å²) in [5.74, 6) is -1.05. The van der Waals surface area contributed by atoms with Gasteiger partial charge in [-0.2, -0.15) is 0 Å². The summed E-state index contributed by atoms with van der Waals surface area (Å²) in [4.78, 5) is 36.8. The highest BCUT2D eigenvalue weighted by atomic mass is 16.6. The smallest absolute Gasteiger partial charge is 0.338 e. The number of nitrogens with one attached hydrogen (secondary N) is 1. The summed E-state index contributed by atoms with van der Waals surface area (Å²) in [6, 6.07) is 10.5. The van der Waals surface area contributed by atoms with Crippen molar-refractivity contribution in [3.63, 3.8) is 0 Å². The maximum atomic E-state index is 12.4. The Balaban J connectivity index is 2.07. The van der Waals surface area contributed by atoms with Gasteiger partial charge in [0, 0.05) is 31.9 Å². The summed E-state index contributed by atoms with van der Waals surface area (Å²) in [6.07, 6.45) is -1.12. The molecule has 1 N–H and O–H groups in total. The van der Waals surface area contributed by atoms with Gasteiger partial charge in [0.1, 0.15) is 5.75 Å². The van der Waals surface area contributed by atoms with E-state index in [1.165, 1.54) is 32.2 Å². The molecule has 9 nitrogen and oxygen atoms in total. The minimum absolute atomic E-state index is 0.111. The predicted molar refractivity (Wildman–Crippen MR) is 104 cm³/mol. The van der Waals surface area contributed by atoms with Gasteiger partial charge in [0.05, 0.1) is 23.3 Å². The zero-order chi connectivity index (χ0) is 20.8. The Morgan fingerprint density at radius 2 is 1.79 bits per heavy atom. The Labute approximate surface area is 162 Å². The topological polar surface area (TPSA) is 111 Å². The molecule has 0 aromatic heterocycles. The molecule has 2 aromatic carbocycles. The van der Waals surface area contributed by atoms with Crippen LogP contribution < -0.4 is 15.0 Å². The van der Waals surface area contributed by atoms with Gasteiger partial charge >= 0.3 is 5.97 Å². The molecule has 0 saturated heterocycles. The number of nitro benzene ring substituents is 1.